The Labute approximate surface area is 92.3 Å². The lowest BCUT2D eigenvalue weighted by atomic mass is 10.2. The van der Waals surface area contributed by atoms with Crippen LogP contribution in [0.15, 0.2) is 25.0 Å². The fourth-order valence-electron chi connectivity index (χ4n) is 1.08. The van der Waals surface area contributed by atoms with Gasteiger partial charge in [-0.05, 0) is 6.42 Å². The maximum absolute atomic E-state index is 10.9. The van der Waals surface area contributed by atoms with Gasteiger partial charge in [-0.1, -0.05) is 6.08 Å². The number of rotatable bonds is 5. The average molecular weight is 218 g/mol. The van der Waals surface area contributed by atoms with Gasteiger partial charge in [0.1, 0.15) is 12.1 Å². The number of carbonyl (C=O) groups is 1. The summed E-state index contributed by atoms with van der Waals surface area (Å²) >= 11 is 0. The SMILES string of the molecule is C=CCC(Nc1nccnc1C#N)C(=O)O. The highest BCUT2D eigenvalue weighted by molar-refractivity contribution is 5.77. The molecule has 6 heteroatoms. The predicted molar refractivity (Wildman–Crippen MR) is 56.6 cm³/mol. The van der Waals surface area contributed by atoms with Crippen LogP contribution < -0.4 is 5.32 Å². The minimum Gasteiger partial charge on any atom is -0.480 e. The van der Waals surface area contributed by atoms with Crippen molar-refractivity contribution in [1.29, 1.82) is 5.26 Å². The lowest BCUT2D eigenvalue weighted by Crippen LogP contribution is -2.29. The fourth-order valence-corrected chi connectivity index (χ4v) is 1.08. The molecule has 0 aliphatic heterocycles. The lowest BCUT2D eigenvalue weighted by Gasteiger charge is -2.13. The summed E-state index contributed by atoms with van der Waals surface area (Å²) in [5.41, 5.74) is 0.0674. The first kappa shape index (κ1) is 11.7. The molecule has 1 rings (SSSR count). The molecule has 1 aromatic rings. The van der Waals surface area contributed by atoms with Crippen molar-refractivity contribution in [3.8, 4) is 6.07 Å². The van der Waals surface area contributed by atoms with Gasteiger partial charge in [-0.15, -0.1) is 6.58 Å². The Morgan fingerprint density at radius 3 is 2.94 bits per heavy atom. The fraction of sp³-hybridized carbons (Fsp3) is 0.200. The topological polar surface area (TPSA) is 98.9 Å². The van der Waals surface area contributed by atoms with E-state index in [1.165, 1.54) is 18.5 Å². The third kappa shape index (κ3) is 2.78. The molecule has 1 heterocycles. The summed E-state index contributed by atoms with van der Waals surface area (Å²) in [4.78, 5) is 18.5. The van der Waals surface area contributed by atoms with E-state index in [-0.39, 0.29) is 17.9 Å². The quantitative estimate of drug-likeness (QED) is 0.709. The molecule has 0 bridgehead atoms. The van der Waals surface area contributed by atoms with E-state index in [4.69, 9.17) is 10.4 Å². The number of hydrogen-bond acceptors (Lipinski definition) is 5. The van der Waals surface area contributed by atoms with Gasteiger partial charge in [0.15, 0.2) is 11.5 Å². The highest BCUT2D eigenvalue weighted by atomic mass is 16.4. The van der Waals surface area contributed by atoms with Crippen LogP contribution in [0.3, 0.4) is 0 Å². The Balaban J connectivity index is 2.89. The molecule has 0 fully saturated rings. The summed E-state index contributed by atoms with van der Waals surface area (Å²) in [6.45, 7) is 3.46. The summed E-state index contributed by atoms with van der Waals surface area (Å²) in [7, 11) is 0. The molecule has 82 valence electrons. The van der Waals surface area contributed by atoms with Crippen molar-refractivity contribution in [1.82, 2.24) is 9.97 Å². The second-order valence-corrected chi connectivity index (χ2v) is 2.92. The zero-order valence-electron chi connectivity index (χ0n) is 8.42. The van der Waals surface area contributed by atoms with Crippen molar-refractivity contribution in [3.05, 3.63) is 30.7 Å². The predicted octanol–water partition coefficient (Wildman–Crippen LogP) is 0.789. The Hall–Kier alpha value is -2.42. The number of anilines is 1. The van der Waals surface area contributed by atoms with Crippen LogP contribution in [0, 0.1) is 11.3 Å². The Morgan fingerprint density at radius 1 is 1.69 bits per heavy atom. The zero-order chi connectivity index (χ0) is 12.0. The normalized spacial score (nSPS) is 11.2. The molecule has 0 amide bonds. The van der Waals surface area contributed by atoms with Crippen LogP contribution in [0.25, 0.3) is 0 Å². The number of nitriles is 1. The minimum absolute atomic E-state index is 0.0674. The molecule has 2 N–H and O–H groups in total. The lowest BCUT2D eigenvalue weighted by molar-refractivity contribution is -0.137. The molecular weight excluding hydrogens is 208 g/mol. The van der Waals surface area contributed by atoms with E-state index in [0.29, 0.717) is 0 Å². The standard InChI is InChI=1S/C10H10N4O2/c1-2-3-7(10(15)16)14-9-8(6-11)12-4-5-13-9/h2,4-5,7H,1,3H2,(H,13,14)(H,15,16). The Kier molecular flexibility index (Phi) is 3.98. The van der Waals surface area contributed by atoms with Crippen molar-refractivity contribution in [3.63, 3.8) is 0 Å². The van der Waals surface area contributed by atoms with E-state index in [1.807, 2.05) is 6.07 Å². The van der Waals surface area contributed by atoms with Gasteiger partial charge in [0.25, 0.3) is 0 Å². The summed E-state index contributed by atoms with van der Waals surface area (Å²) < 4.78 is 0. The molecule has 0 saturated heterocycles. The third-order valence-corrected chi connectivity index (χ3v) is 1.82. The van der Waals surface area contributed by atoms with Crippen molar-refractivity contribution in [2.45, 2.75) is 12.5 Å². The number of aliphatic carboxylic acids is 1. The highest BCUT2D eigenvalue weighted by Crippen LogP contribution is 2.10. The number of carboxylic acids is 1. The van der Waals surface area contributed by atoms with Crippen LogP contribution in [-0.4, -0.2) is 27.1 Å². The second-order valence-electron chi connectivity index (χ2n) is 2.92. The second kappa shape index (κ2) is 5.46. The van der Waals surface area contributed by atoms with Gasteiger partial charge in [-0.2, -0.15) is 5.26 Å². The van der Waals surface area contributed by atoms with Gasteiger partial charge in [0.2, 0.25) is 0 Å². The molecule has 6 nitrogen and oxygen atoms in total. The molecule has 0 aromatic carbocycles. The molecule has 16 heavy (non-hydrogen) atoms. The molecule has 1 atom stereocenters. The smallest absolute Gasteiger partial charge is 0.326 e. The van der Waals surface area contributed by atoms with Crippen LogP contribution in [0.1, 0.15) is 12.1 Å². The monoisotopic (exact) mass is 218 g/mol. The minimum atomic E-state index is -1.03. The van der Waals surface area contributed by atoms with Crippen molar-refractivity contribution in [2.24, 2.45) is 0 Å². The summed E-state index contributed by atoms with van der Waals surface area (Å²) in [6, 6.07) is 0.967. The summed E-state index contributed by atoms with van der Waals surface area (Å²) in [6.07, 6.45) is 4.47. The van der Waals surface area contributed by atoms with Gasteiger partial charge in [0, 0.05) is 12.4 Å². The Bertz CT molecular complexity index is 439. The molecule has 0 radical (unpaired) electrons. The van der Waals surface area contributed by atoms with E-state index >= 15 is 0 Å². The Morgan fingerprint density at radius 2 is 2.38 bits per heavy atom. The first-order valence-electron chi connectivity index (χ1n) is 4.50. The molecule has 1 aromatic heterocycles. The van der Waals surface area contributed by atoms with E-state index in [2.05, 4.69) is 21.9 Å². The van der Waals surface area contributed by atoms with E-state index in [9.17, 15) is 4.79 Å². The molecule has 0 aliphatic carbocycles. The third-order valence-electron chi connectivity index (χ3n) is 1.82. The molecule has 0 aliphatic rings. The maximum Gasteiger partial charge on any atom is 0.326 e. The molecular formula is C10H10N4O2. The van der Waals surface area contributed by atoms with Gasteiger partial charge in [-0.3, -0.25) is 0 Å². The first-order valence-corrected chi connectivity index (χ1v) is 4.50. The van der Waals surface area contributed by atoms with Crippen molar-refractivity contribution < 1.29 is 9.90 Å². The average Bonchev–Trinajstić information content (AvgIpc) is 2.29. The van der Waals surface area contributed by atoms with Crippen LogP contribution in [0.5, 0.6) is 0 Å². The van der Waals surface area contributed by atoms with E-state index < -0.39 is 12.0 Å². The summed E-state index contributed by atoms with van der Waals surface area (Å²) in [5.74, 6) is -0.867. The number of hydrogen-bond donors (Lipinski definition) is 2. The highest BCUT2D eigenvalue weighted by Gasteiger charge is 2.17. The van der Waals surface area contributed by atoms with Crippen LogP contribution >= 0.6 is 0 Å². The van der Waals surface area contributed by atoms with Gasteiger partial charge in [-0.25, -0.2) is 14.8 Å². The number of aromatic nitrogens is 2. The van der Waals surface area contributed by atoms with Crippen LogP contribution in [-0.2, 0) is 4.79 Å². The molecule has 0 spiro atoms. The number of nitrogens with one attached hydrogen (secondary N) is 1. The maximum atomic E-state index is 10.9. The van der Waals surface area contributed by atoms with Crippen molar-refractivity contribution in [2.75, 3.05) is 5.32 Å². The number of nitrogens with zero attached hydrogens (tertiary/aromatic N) is 3. The van der Waals surface area contributed by atoms with E-state index in [0.717, 1.165) is 0 Å². The number of carboxylic acid groups (broad SMARTS) is 1. The first-order chi connectivity index (χ1) is 7.69. The molecule has 1 unspecified atom stereocenters. The summed E-state index contributed by atoms with van der Waals surface area (Å²) in [5, 5.41) is 20.3. The van der Waals surface area contributed by atoms with E-state index in [1.54, 1.807) is 0 Å². The van der Waals surface area contributed by atoms with Crippen LogP contribution in [0.4, 0.5) is 5.82 Å². The van der Waals surface area contributed by atoms with Gasteiger partial charge in [0.05, 0.1) is 0 Å². The van der Waals surface area contributed by atoms with Crippen LogP contribution in [0.2, 0.25) is 0 Å². The van der Waals surface area contributed by atoms with Gasteiger partial charge >= 0.3 is 5.97 Å². The van der Waals surface area contributed by atoms with Crippen molar-refractivity contribution >= 4 is 11.8 Å². The largest absolute Gasteiger partial charge is 0.480 e. The zero-order valence-corrected chi connectivity index (χ0v) is 8.42. The molecule has 0 saturated carbocycles. The van der Waals surface area contributed by atoms with Gasteiger partial charge < -0.3 is 10.4 Å².